The number of fused-ring (bicyclic) bond motifs is 1. The van der Waals surface area contributed by atoms with Crippen molar-refractivity contribution >= 4 is 27.7 Å². The summed E-state index contributed by atoms with van der Waals surface area (Å²) in [5.41, 5.74) is 3.26. The number of carbonyl (C=O) groups excluding carboxylic acids is 1. The van der Waals surface area contributed by atoms with Crippen molar-refractivity contribution in [2.24, 2.45) is 5.41 Å². The number of nitrogens with one attached hydrogen (secondary N) is 1. The Balaban J connectivity index is 1.27. The highest BCUT2D eigenvalue weighted by Crippen LogP contribution is 2.43. The van der Waals surface area contributed by atoms with E-state index in [0.717, 1.165) is 46.6 Å². The Morgan fingerprint density at radius 1 is 1.19 bits per heavy atom. The minimum absolute atomic E-state index is 0.196. The fourth-order valence-corrected chi connectivity index (χ4v) is 6.78. The second kappa shape index (κ2) is 11.0. The highest BCUT2D eigenvalue weighted by atomic mass is 79.9. The summed E-state index contributed by atoms with van der Waals surface area (Å²) in [6.07, 6.45) is 6.60. The largest absolute Gasteiger partial charge is 0.387 e. The van der Waals surface area contributed by atoms with Crippen LogP contribution in [-0.2, 0) is 4.79 Å². The number of hydrogen-bond donors (Lipinski definition) is 2. The summed E-state index contributed by atoms with van der Waals surface area (Å²) in [6, 6.07) is 8.67. The molecule has 1 saturated heterocycles. The van der Waals surface area contributed by atoms with Crippen LogP contribution >= 0.6 is 15.9 Å². The lowest BCUT2D eigenvalue weighted by molar-refractivity contribution is -0.133. The molecule has 1 unspecified atom stereocenters. The maximum atomic E-state index is 13.9. The number of benzene rings is 1. The second-order valence-electron chi connectivity index (χ2n) is 11.9. The van der Waals surface area contributed by atoms with E-state index in [2.05, 4.69) is 69.0 Å². The number of anilines is 1. The molecule has 5 rings (SSSR count). The third-order valence-electron chi connectivity index (χ3n) is 8.56. The van der Waals surface area contributed by atoms with Crippen LogP contribution < -0.4 is 10.2 Å². The molecule has 4 atom stereocenters. The molecule has 2 fully saturated rings. The molecule has 2 aliphatic carbocycles. The van der Waals surface area contributed by atoms with Gasteiger partial charge in [-0.2, -0.15) is 0 Å². The number of hydrogen-bond acceptors (Lipinski definition) is 6. The molecule has 37 heavy (non-hydrogen) atoms. The smallest absolute Gasteiger partial charge is 0.231 e. The predicted molar refractivity (Wildman–Crippen MR) is 150 cm³/mol. The lowest BCUT2D eigenvalue weighted by Gasteiger charge is -2.39. The first kappa shape index (κ1) is 26.6. The maximum absolute atomic E-state index is 13.9. The number of aliphatic hydroxyl groups is 1. The predicted octanol–water partition coefficient (Wildman–Crippen LogP) is 4.77. The summed E-state index contributed by atoms with van der Waals surface area (Å²) < 4.78 is 1.02. The Hall–Kier alpha value is -2.03. The molecule has 1 saturated carbocycles. The quantitative estimate of drug-likeness (QED) is 0.521. The van der Waals surface area contributed by atoms with Crippen molar-refractivity contribution in [3.63, 3.8) is 0 Å². The SMILES string of the molecule is C[C@@H]1C[C@@H](O)c2ncnc(N3CCN(C(=O)C(CN[C@H]4CCCC(C)(C)C4)c4ccc(Br)cc4)CC3)c21. The third kappa shape index (κ3) is 5.86. The molecule has 2 heterocycles. The third-order valence-corrected chi connectivity index (χ3v) is 9.08. The van der Waals surface area contributed by atoms with Crippen LogP contribution in [0.1, 0.15) is 87.6 Å². The number of carbonyl (C=O) groups is 1. The monoisotopic (exact) mass is 569 g/mol. The first-order valence-corrected chi connectivity index (χ1v) is 14.6. The molecule has 3 aliphatic rings. The molecule has 1 aliphatic heterocycles. The van der Waals surface area contributed by atoms with Gasteiger partial charge in [0.1, 0.15) is 12.1 Å². The van der Waals surface area contributed by atoms with E-state index < -0.39 is 6.10 Å². The molecular formula is C29H40BrN5O2. The Morgan fingerprint density at radius 2 is 1.92 bits per heavy atom. The fraction of sp³-hybridized carbons (Fsp3) is 0.621. The molecule has 1 aromatic carbocycles. The highest BCUT2D eigenvalue weighted by molar-refractivity contribution is 9.10. The molecule has 0 bridgehead atoms. The van der Waals surface area contributed by atoms with Gasteiger partial charge in [-0.3, -0.25) is 4.79 Å². The molecule has 2 aromatic rings. The van der Waals surface area contributed by atoms with Gasteiger partial charge in [-0.25, -0.2) is 9.97 Å². The van der Waals surface area contributed by atoms with Crippen molar-refractivity contribution < 1.29 is 9.90 Å². The van der Waals surface area contributed by atoms with Gasteiger partial charge in [0.25, 0.3) is 0 Å². The summed E-state index contributed by atoms with van der Waals surface area (Å²) >= 11 is 3.54. The van der Waals surface area contributed by atoms with Crippen LogP contribution in [0.3, 0.4) is 0 Å². The topological polar surface area (TPSA) is 81.6 Å². The molecule has 1 aromatic heterocycles. The van der Waals surface area contributed by atoms with E-state index in [0.29, 0.717) is 37.5 Å². The van der Waals surface area contributed by atoms with Crippen molar-refractivity contribution in [3.05, 3.63) is 51.9 Å². The van der Waals surface area contributed by atoms with Gasteiger partial charge in [-0.1, -0.05) is 55.3 Å². The van der Waals surface area contributed by atoms with Crippen LogP contribution in [0.4, 0.5) is 5.82 Å². The number of nitrogens with zero attached hydrogens (tertiary/aromatic N) is 4. The molecule has 7 nitrogen and oxygen atoms in total. The van der Waals surface area contributed by atoms with Crippen molar-refractivity contribution in [2.75, 3.05) is 37.6 Å². The average Bonchev–Trinajstić information content (AvgIpc) is 3.18. The highest BCUT2D eigenvalue weighted by Gasteiger charge is 2.35. The number of aromatic nitrogens is 2. The lowest BCUT2D eigenvalue weighted by Crippen LogP contribution is -2.52. The van der Waals surface area contributed by atoms with Gasteiger partial charge >= 0.3 is 0 Å². The van der Waals surface area contributed by atoms with Crippen LogP contribution in [0.15, 0.2) is 35.1 Å². The first-order chi connectivity index (χ1) is 17.7. The zero-order chi connectivity index (χ0) is 26.2. The first-order valence-electron chi connectivity index (χ1n) is 13.8. The van der Waals surface area contributed by atoms with Gasteiger partial charge < -0.3 is 20.2 Å². The van der Waals surface area contributed by atoms with E-state index in [4.69, 9.17) is 0 Å². The minimum Gasteiger partial charge on any atom is -0.387 e. The molecule has 0 radical (unpaired) electrons. The normalized spacial score (nSPS) is 26.1. The fourth-order valence-electron chi connectivity index (χ4n) is 6.51. The van der Waals surface area contributed by atoms with Gasteiger partial charge in [-0.05, 0) is 54.7 Å². The maximum Gasteiger partial charge on any atom is 0.231 e. The molecule has 0 spiro atoms. The van der Waals surface area contributed by atoms with Gasteiger partial charge in [-0.15, -0.1) is 0 Å². The van der Waals surface area contributed by atoms with Gasteiger partial charge in [0.05, 0.1) is 17.7 Å². The van der Waals surface area contributed by atoms with Crippen molar-refractivity contribution in [1.29, 1.82) is 0 Å². The Morgan fingerprint density at radius 3 is 2.62 bits per heavy atom. The number of piperazine rings is 1. The summed E-state index contributed by atoms with van der Waals surface area (Å²) in [5.74, 6) is 1.15. The van der Waals surface area contributed by atoms with Crippen molar-refractivity contribution in [2.45, 2.75) is 76.9 Å². The number of aliphatic hydroxyl groups excluding tert-OH is 1. The molecule has 200 valence electrons. The van der Waals surface area contributed by atoms with E-state index >= 15 is 0 Å². The second-order valence-corrected chi connectivity index (χ2v) is 12.8. The summed E-state index contributed by atoms with van der Waals surface area (Å²) in [4.78, 5) is 27.1. The van der Waals surface area contributed by atoms with Crippen LogP contribution in [-0.4, -0.2) is 64.6 Å². The Kier molecular flexibility index (Phi) is 7.89. The van der Waals surface area contributed by atoms with Crippen LogP contribution in [0.5, 0.6) is 0 Å². The van der Waals surface area contributed by atoms with E-state index in [-0.39, 0.29) is 17.7 Å². The molecule has 2 N–H and O–H groups in total. The van der Waals surface area contributed by atoms with Crippen LogP contribution in [0, 0.1) is 5.41 Å². The molecule has 1 amide bonds. The summed E-state index contributed by atoms with van der Waals surface area (Å²) in [6.45, 7) is 10.3. The van der Waals surface area contributed by atoms with Gasteiger partial charge in [0, 0.05) is 48.8 Å². The number of rotatable bonds is 6. The summed E-state index contributed by atoms with van der Waals surface area (Å²) in [5, 5.41) is 14.2. The van der Waals surface area contributed by atoms with Crippen molar-refractivity contribution in [1.82, 2.24) is 20.2 Å². The lowest BCUT2D eigenvalue weighted by atomic mass is 9.75. The van der Waals surface area contributed by atoms with Crippen LogP contribution in [0.25, 0.3) is 0 Å². The van der Waals surface area contributed by atoms with E-state index in [1.54, 1.807) is 6.33 Å². The zero-order valence-corrected chi connectivity index (χ0v) is 23.9. The minimum atomic E-state index is -0.511. The average molecular weight is 571 g/mol. The van der Waals surface area contributed by atoms with E-state index in [9.17, 15) is 9.90 Å². The molecular weight excluding hydrogens is 530 g/mol. The van der Waals surface area contributed by atoms with E-state index in [1.807, 2.05) is 17.0 Å². The zero-order valence-electron chi connectivity index (χ0n) is 22.3. The molecule has 8 heteroatoms. The Labute approximate surface area is 229 Å². The standard InChI is InChI=1S/C29H40BrN5O2/c1-19-15-24(36)26-25(19)27(33-18-32-26)34-11-13-35(14-12-34)28(37)23(20-6-8-21(30)9-7-20)17-31-22-5-4-10-29(2,3)16-22/h6-9,18-19,22-24,31,36H,4-5,10-17H2,1-3H3/t19-,22+,23?,24-/m1/s1. The number of halogens is 1. The summed E-state index contributed by atoms with van der Waals surface area (Å²) in [7, 11) is 0. The van der Waals surface area contributed by atoms with Gasteiger partial charge in [0.2, 0.25) is 5.91 Å². The number of amides is 1. The van der Waals surface area contributed by atoms with E-state index in [1.165, 1.54) is 19.3 Å². The van der Waals surface area contributed by atoms with Crippen LogP contribution in [0.2, 0.25) is 0 Å². The Bertz CT molecular complexity index is 1100. The van der Waals surface area contributed by atoms with Gasteiger partial charge in [0.15, 0.2) is 0 Å². The van der Waals surface area contributed by atoms with Crippen molar-refractivity contribution in [3.8, 4) is 0 Å².